The molecular formula is C14H30N4O2. The zero-order valence-electron chi connectivity index (χ0n) is 13.4. The SMILES string of the molecule is CN1CCN(CCOCCOCCN)C1=NC(C)(C)C. The first kappa shape index (κ1) is 17.2. The summed E-state index contributed by atoms with van der Waals surface area (Å²) in [6.45, 7) is 12.4. The van der Waals surface area contributed by atoms with Crippen LogP contribution in [0.15, 0.2) is 4.99 Å². The fourth-order valence-electron chi connectivity index (χ4n) is 1.96. The van der Waals surface area contributed by atoms with E-state index in [1.165, 1.54) is 0 Å². The second-order valence-electron chi connectivity index (χ2n) is 6.00. The van der Waals surface area contributed by atoms with Crippen LogP contribution in [0.3, 0.4) is 0 Å². The molecule has 0 aliphatic carbocycles. The topological polar surface area (TPSA) is 63.3 Å². The molecule has 1 heterocycles. The second-order valence-corrected chi connectivity index (χ2v) is 6.00. The van der Waals surface area contributed by atoms with Crippen molar-refractivity contribution in [3.63, 3.8) is 0 Å². The van der Waals surface area contributed by atoms with E-state index in [2.05, 4.69) is 37.6 Å². The molecule has 0 aromatic heterocycles. The lowest BCUT2D eigenvalue weighted by Crippen LogP contribution is -2.36. The van der Waals surface area contributed by atoms with Crippen LogP contribution in [0, 0.1) is 0 Å². The maximum atomic E-state index is 5.57. The van der Waals surface area contributed by atoms with E-state index in [0.717, 1.165) is 25.6 Å². The molecule has 0 radical (unpaired) electrons. The highest BCUT2D eigenvalue weighted by molar-refractivity contribution is 5.82. The molecule has 6 nitrogen and oxygen atoms in total. The van der Waals surface area contributed by atoms with Gasteiger partial charge in [0.1, 0.15) is 0 Å². The minimum Gasteiger partial charge on any atom is -0.378 e. The number of ether oxygens (including phenoxy) is 2. The van der Waals surface area contributed by atoms with E-state index < -0.39 is 0 Å². The molecule has 20 heavy (non-hydrogen) atoms. The average molecular weight is 286 g/mol. The standard InChI is InChI=1S/C14H30N4O2/c1-14(2,3)16-13-17(4)6-7-18(13)8-10-20-12-11-19-9-5-15/h5-12,15H2,1-4H3. The van der Waals surface area contributed by atoms with Crippen LogP contribution in [-0.4, -0.2) is 81.0 Å². The van der Waals surface area contributed by atoms with Gasteiger partial charge in [0.15, 0.2) is 5.96 Å². The molecule has 0 aromatic rings. The average Bonchev–Trinajstić information content (AvgIpc) is 2.68. The van der Waals surface area contributed by atoms with Crippen LogP contribution in [0.5, 0.6) is 0 Å². The molecule has 2 N–H and O–H groups in total. The molecule has 0 bridgehead atoms. The van der Waals surface area contributed by atoms with E-state index >= 15 is 0 Å². The lowest BCUT2D eigenvalue weighted by atomic mass is 10.1. The van der Waals surface area contributed by atoms with Crippen LogP contribution >= 0.6 is 0 Å². The molecule has 0 spiro atoms. The van der Waals surface area contributed by atoms with E-state index in [0.29, 0.717) is 33.0 Å². The Kier molecular flexibility index (Phi) is 7.26. The summed E-state index contributed by atoms with van der Waals surface area (Å²) in [5.74, 6) is 1.07. The summed E-state index contributed by atoms with van der Waals surface area (Å²) in [4.78, 5) is 9.27. The van der Waals surface area contributed by atoms with Crippen LogP contribution < -0.4 is 5.73 Å². The fraction of sp³-hybridized carbons (Fsp3) is 0.929. The molecule has 1 fully saturated rings. The van der Waals surface area contributed by atoms with Gasteiger partial charge in [0, 0.05) is 33.2 Å². The van der Waals surface area contributed by atoms with Gasteiger partial charge in [-0.15, -0.1) is 0 Å². The predicted molar refractivity (Wildman–Crippen MR) is 82.1 cm³/mol. The summed E-state index contributed by atoms with van der Waals surface area (Å²) in [6, 6.07) is 0. The van der Waals surface area contributed by atoms with Crippen LogP contribution in [0.25, 0.3) is 0 Å². The molecule has 1 aliphatic rings. The lowest BCUT2D eigenvalue weighted by molar-refractivity contribution is 0.0471. The van der Waals surface area contributed by atoms with Crippen LogP contribution in [0.4, 0.5) is 0 Å². The van der Waals surface area contributed by atoms with Gasteiger partial charge >= 0.3 is 0 Å². The zero-order valence-corrected chi connectivity index (χ0v) is 13.4. The minimum absolute atomic E-state index is 0.0525. The Bertz CT molecular complexity index is 302. The second kappa shape index (κ2) is 8.44. The Balaban J connectivity index is 2.27. The molecule has 6 heteroatoms. The van der Waals surface area contributed by atoms with Gasteiger partial charge in [0.05, 0.1) is 32.0 Å². The number of hydrogen-bond acceptors (Lipinski definition) is 4. The molecule has 1 aliphatic heterocycles. The molecule has 1 rings (SSSR count). The Morgan fingerprint density at radius 3 is 2.35 bits per heavy atom. The van der Waals surface area contributed by atoms with Gasteiger partial charge in [-0.2, -0.15) is 0 Å². The van der Waals surface area contributed by atoms with Gasteiger partial charge in [-0.1, -0.05) is 0 Å². The normalized spacial score (nSPS) is 18.4. The number of likely N-dealkylation sites (N-methyl/N-ethyl adjacent to an activating group) is 1. The molecular weight excluding hydrogens is 256 g/mol. The third-order valence-electron chi connectivity index (χ3n) is 2.90. The smallest absolute Gasteiger partial charge is 0.197 e. The highest BCUT2D eigenvalue weighted by Crippen LogP contribution is 2.13. The Morgan fingerprint density at radius 1 is 1.10 bits per heavy atom. The van der Waals surface area contributed by atoms with Gasteiger partial charge in [0.25, 0.3) is 0 Å². The first-order valence-electron chi connectivity index (χ1n) is 7.35. The van der Waals surface area contributed by atoms with E-state index in [9.17, 15) is 0 Å². The van der Waals surface area contributed by atoms with Crippen LogP contribution in [0.2, 0.25) is 0 Å². The van der Waals surface area contributed by atoms with Crippen molar-refractivity contribution in [3.05, 3.63) is 0 Å². The van der Waals surface area contributed by atoms with Crippen molar-refractivity contribution in [1.82, 2.24) is 9.80 Å². The molecule has 0 atom stereocenters. The first-order valence-corrected chi connectivity index (χ1v) is 7.35. The quantitative estimate of drug-likeness (QED) is 0.654. The van der Waals surface area contributed by atoms with E-state index in [1.807, 2.05) is 0 Å². The molecule has 0 unspecified atom stereocenters. The van der Waals surface area contributed by atoms with Crippen molar-refractivity contribution in [2.24, 2.45) is 10.7 Å². The van der Waals surface area contributed by atoms with Crippen molar-refractivity contribution in [1.29, 1.82) is 0 Å². The largest absolute Gasteiger partial charge is 0.378 e. The van der Waals surface area contributed by atoms with Crippen molar-refractivity contribution in [3.8, 4) is 0 Å². The fourth-order valence-corrected chi connectivity index (χ4v) is 1.96. The summed E-state index contributed by atoms with van der Waals surface area (Å²) < 4.78 is 10.8. The van der Waals surface area contributed by atoms with Gasteiger partial charge in [-0.05, 0) is 20.8 Å². The number of guanidine groups is 1. The lowest BCUT2D eigenvalue weighted by Gasteiger charge is -2.24. The van der Waals surface area contributed by atoms with Gasteiger partial charge in [-0.3, -0.25) is 0 Å². The molecule has 0 saturated carbocycles. The summed E-state index contributed by atoms with van der Waals surface area (Å²) in [5.41, 5.74) is 5.29. The van der Waals surface area contributed by atoms with Crippen molar-refractivity contribution in [2.75, 3.05) is 59.7 Å². The van der Waals surface area contributed by atoms with Crippen molar-refractivity contribution >= 4 is 5.96 Å². The van der Waals surface area contributed by atoms with Crippen molar-refractivity contribution in [2.45, 2.75) is 26.3 Å². The summed E-state index contributed by atoms with van der Waals surface area (Å²) in [7, 11) is 2.09. The number of nitrogens with zero attached hydrogens (tertiary/aromatic N) is 3. The third kappa shape index (κ3) is 6.54. The Labute approximate surface area is 122 Å². The molecule has 118 valence electrons. The number of rotatable bonds is 8. The number of hydrogen-bond donors (Lipinski definition) is 1. The summed E-state index contributed by atoms with van der Waals surface area (Å²) >= 11 is 0. The van der Waals surface area contributed by atoms with Crippen LogP contribution in [-0.2, 0) is 9.47 Å². The number of nitrogens with two attached hydrogens (primary N) is 1. The first-order chi connectivity index (χ1) is 9.44. The zero-order chi connectivity index (χ0) is 15.0. The third-order valence-corrected chi connectivity index (χ3v) is 2.90. The Morgan fingerprint density at radius 2 is 1.75 bits per heavy atom. The van der Waals surface area contributed by atoms with E-state index in [-0.39, 0.29) is 5.54 Å². The molecule has 0 amide bonds. The van der Waals surface area contributed by atoms with Crippen LogP contribution in [0.1, 0.15) is 20.8 Å². The maximum absolute atomic E-state index is 5.57. The maximum Gasteiger partial charge on any atom is 0.197 e. The van der Waals surface area contributed by atoms with Gasteiger partial charge < -0.3 is 25.0 Å². The minimum atomic E-state index is -0.0525. The monoisotopic (exact) mass is 286 g/mol. The van der Waals surface area contributed by atoms with Gasteiger partial charge in [-0.25, -0.2) is 4.99 Å². The highest BCUT2D eigenvalue weighted by atomic mass is 16.5. The van der Waals surface area contributed by atoms with Crippen molar-refractivity contribution < 1.29 is 9.47 Å². The molecule has 0 aromatic carbocycles. The summed E-state index contributed by atoms with van der Waals surface area (Å²) in [6.07, 6.45) is 0. The highest BCUT2D eigenvalue weighted by Gasteiger charge is 2.25. The van der Waals surface area contributed by atoms with E-state index in [1.54, 1.807) is 0 Å². The predicted octanol–water partition coefficient (Wildman–Crippen LogP) is 0.380. The number of aliphatic imine (C=N–C) groups is 1. The summed E-state index contributed by atoms with van der Waals surface area (Å²) in [5, 5.41) is 0. The van der Waals surface area contributed by atoms with E-state index in [4.69, 9.17) is 20.2 Å². The molecule has 1 saturated heterocycles. The Hall–Kier alpha value is -0.850. The van der Waals surface area contributed by atoms with Gasteiger partial charge in [0.2, 0.25) is 0 Å².